The van der Waals surface area contributed by atoms with Crippen molar-refractivity contribution in [2.75, 3.05) is 45.9 Å². The number of morpholine rings is 1. The number of likely N-dealkylation sites (tertiary alicyclic amines) is 1. The Kier molecular flexibility index (Phi) is 7.32. The third kappa shape index (κ3) is 5.93. The zero-order chi connectivity index (χ0) is 20.0. The van der Waals surface area contributed by atoms with Crippen LogP contribution in [0.2, 0.25) is 0 Å². The Labute approximate surface area is 170 Å². The Balaban J connectivity index is 1.61. The van der Waals surface area contributed by atoms with Crippen molar-refractivity contribution in [3.63, 3.8) is 0 Å². The zero-order valence-corrected chi connectivity index (χ0v) is 17.9. The summed E-state index contributed by atoms with van der Waals surface area (Å²) in [5.74, 6) is 1.01. The van der Waals surface area contributed by atoms with Crippen molar-refractivity contribution in [3.05, 3.63) is 35.9 Å². The molecule has 6 heteroatoms. The molecular weight excluding hydrogens is 350 g/mol. The summed E-state index contributed by atoms with van der Waals surface area (Å²) < 4.78 is 6.12. The van der Waals surface area contributed by atoms with E-state index in [-0.39, 0.29) is 11.6 Å². The van der Waals surface area contributed by atoms with Gasteiger partial charge in [0.15, 0.2) is 5.96 Å². The molecule has 28 heavy (non-hydrogen) atoms. The van der Waals surface area contributed by atoms with E-state index in [1.54, 1.807) is 0 Å². The van der Waals surface area contributed by atoms with Gasteiger partial charge in [0.25, 0.3) is 0 Å². The summed E-state index contributed by atoms with van der Waals surface area (Å²) in [7, 11) is 0. The Bertz CT molecular complexity index is 628. The van der Waals surface area contributed by atoms with Crippen LogP contribution in [-0.2, 0) is 11.3 Å². The van der Waals surface area contributed by atoms with Gasteiger partial charge in [0.2, 0.25) is 0 Å². The standard InChI is InChI=1S/C22H37N5O/c1-5-23-21(24-11-12-25-22(2,3)4)27-16-19-20(17-27)28-14-13-26(19)15-18-9-7-6-8-10-18/h6-10,19-20,25H,5,11-17H2,1-4H3,(H,23,24). The molecule has 3 rings (SSSR count). The molecular formula is C22H37N5O. The molecule has 0 aliphatic carbocycles. The van der Waals surface area contributed by atoms with Crippen LogP contribution in [0.5, 0.6) is 0 Å². The van der Waals surface area contributed by atoms with E-state index in [2.05, 4.69) is 78.5 Å². The second-order valence-electron chi connectivity index (χ2n) is 8.75. The summed E-state index contributed by atoms with van der Waals surface area (Å²) in [5.41, 5.74) is 1.50. The second-order valence-corrected chi connectivity index (χ2v) is 8.75. The topological polar surface area (TPSA) is 52.1 Å². The van der Waals surface area contributed by atoms with Crippen LogP contribution < -0.4 is 10.6 Å². The predicted molar refractivity (Wildman–Crippen MR) is 116 cm³/mol. The number of aliphatic imine (C=N–C) groups is 1. The van der Waals surface area contributed by atoms with Gasteiger partial charge in [0.05, 0.1) is 25.3 Å². The van der Waals surface area contributed by atoms with Gasteiger partial charge >= 0.3 is 0 Å². The number of nitrogens with zero attached hydrogens (tertiary/aromatic N) is 3. The first-order chi connectivity index (χ1) is 13.5. The van der Waals surface area contributed by atoms with E-state index in [0.717, 1.165) is 58.4 Å². The molecule has 6 nitrogen and oxygen atoms in total. The monoisotopic (exact) mass is 387 g/mol. The molecule has 2 heterocycles. The smallest absolute Gasteiger partial charge is 0.194 e. The number of benzene rings is 1. The minimum atomic E-state index is 0.127. The molecule has 156 valence electrons. The van der Waals surface area contributed by atoms with E-state index in [4.69, 9.17) is 9.73 Å². The van der Waals surface area contributed by atoms with Crippen LogP contribution in [0.3, 0.4) is 0 Å². The van der Waals surface area contributed by atoms with E-state index in [0.29, 0.717) is 6.04 Å². The van der Waals surface area contributed by atoms with Crippen LogP contribution in [0, 0.1) is 0 Å². The van der Waals surface area contributed by atoms with E-state index in [9.17, 15) is 0 Å². The number of hydrogen-bond donors (Lipinski definition) is 2. The molecule has 0 saturated carbocycles. The summed E-state index contributed by atoms with van der Waals surface area (Å²) in [6.07, 6.45) is 0.258. The van der Waals surface area contributed by atoms with E-state index >= 15 is 0 Å². The molecule has 2 atom stereocenters. The lowest BCUT2D eigenvalue weighted by atomic mass is 10.1. The highest BCUT2D eigenvalue weighted by Crippen LogP contribution is 2.24. The van der Waals surface area contributed by atoms with Crippen molar-refractivity contribution in [1.82, 2.24) is 20.4 Å². The van der Waals surface area contributed by atoms with Crippen molar-refractivity contribution in [1.29, 1.82) is 0 Å². The first-order valence-electron chi connectivity index (χ1n) is 10.6. The summed E-state index contributed by atoms with van der Waals surface area (Å²) >= 11 is 0. The molecule has 2 N–H and O–H groups in total. The predicted octanol–water partition coefficient (Wildman–Crippen LogP) is 1.93. The Morgan fingerprint density at radius 3 is 2.71 bits per heavy atom. The summed E-state index contributed by atoms with van der Waals surface area (Å²) in [5, 5.41) is 6.98. The first-order valence-corrected chi connectivity index (χ1v) is 10.6. The summed E-state index contributed by atoms with van der Waals surface area (Å²) in [4.78, 5) is 9.81. The van der Waals surface area contributed by atoms with Crippen molar-refractivity contribution in [2.24, 2.45) is 4.99 Å². The average molecular weight is 388 g/mol. The van der Waals surface area contributed by atoms with E-state index < -0.39 is 0 Å². The Morgan fingerprint density at radius 2 is 2.00 bits per heavy atom. The molecule has 2 fully saturated rings. The van der Waals surface area contributed by atoms with Gasteiger partial charge in [-0.2, -0.15) is 0 Å². The summed E-state index contributed by atoms with van der Waals surface area (Å²) in [6, 6.07) is 11.2. The molecule has 0 bridgehead atoms. The van der Waals surface area contributed by atoms with Gasteiger partial charge in [-0.25, -0.2) is 0 Å². The van der Waals surface area contributed by atoms with Crippen molar-refractivity contribution >= 4 is 5.96 Å². The van der Waals surface area contributed by atoms with Crippen molar-refractivity contribution in [3.8, 4) is 0 Å². The minimum absolute atomic E-state index is 0.127. The highest BCUT2D eigenvalue weighted by molar-refractivity contribution is 5.80. The fourth-order valence-electron chi connectivity index (χ4n) is 3.96. The third-order valence-corrected chi connectivity index (χ3v) is 5.31. The maximum Gasteiger partial charge on any atom is 0.194 e. The summed E-state index contributed by atoms with van der Waals surface area (Å²) in [6.45, 7) is 15.9. The van der Waals surface area contributed by atoms with Crippen LogP contribution in [0.4, 0.5) is 0 Å². The normalized spacial score (nSPS) is 23.7. The molecule has 1 aromatic carbocycles. The average Bonchev–Trinajstić information content (AvgIpc) is 3.09. The molecule has 0 aromatic heterocycles. The number of guanidine groups is 1. The van der Waals surface area contributed by atoms with Crippen LogP contribution in [0.25, 0.3) is 0 Å². The first kappa shape index (κ1) is 21.1. The fourth-order valence-corrected chi connectivity index (χ4v) is 3.96. The lowest BCUT2D eigenvalue weighted by Crippen LogP contribution is -2.50. The van der Waals surface area contributed by atoms with Crippen molar-refractivity contribution < 1.29 is 4.74 Å². The molecule has 2 saturated heterocycles. The van der Waals surface area contributed by atoms with Gasteiger partial charge in [-0.05, 0) is 33.3 Å². The van der Waals surface area contributed by atoms with Crippen LogP contribution in [0.15, 0.2) is 35.3 Å². The van der Waals surface area contributed by atoms with Crippen LogP contribution >= 0.6 is 0 Å². The molecule has 2 aliphatic heterocycles. The quantitative estimate of drug-likeness (QED) is 0.444. The number of hydrogen-bond acceptors (Lipinski definition) is 4. The maximum absolute atomic E-state index is 6.12. The van der Waals surface area contributed by atoms with Crippen molar-refractivity contribution in [2.45, 2.75) is 51.9 Å². The molecule has 1 aromatic rings. The van der Waals surface area contributed by atoms with Gasteiger partial charge in [0, 0.05) is 44.8 Å². The fraction of sp³-hybridized carbons (Fsp3) is 0.682. The highest BCUT2D eigenvalue weighted by Gasteiger charge is 2.41. The van der Waals surface area contributed by atoms with Gasteiger partial charge < -0.3 is 20.3 Å². The van der Waals surface area contributed by atoms with Gasteiger partial charge in [-0.1, -0.05) is 30.3 Å². The van der Waals surface area contributed by atoms with Gasteiger partial charge in [-0.3, -0.25) is 9.89 Å². The van der Waals surface area contributed by atoms with Crippen LogP contribution in [0.1, 0.15) is 33.3 Å². The lowest BCUT2D eigenvalue weighted by molar-refractivity contribution is -0.0502. The van der Waals surface area contributed by atoms with Gasteiger partial charge in [0.1, 0.15) is 0 Å². The zero-order valence-electron chi connectivity index (χ0n) is 17.9. The number of ether oxygens (including phenoxy) is 1. The third-order valence-electron chi connectivity index (χ3n) is 5.31. The Hall–Kier alpha value is -1.63. The number of fused-ring (bicyclic) bond motifs is 1. The molecule has 0 amide bonds. The molecule has 0 spiro atoms. The highest BCUT2D eigenvalue weighted by atomic mass is 16.5. The second kappa shape index (κ2) is 9.72. The van der Waals surface area contributed by atoms with Crippen LogP contribution in [-0.4, -0.2) is 79.3 Å². The van der Waals surface area contributed by atoms with E-state index in [1.165, 1.54) is 5.56 Å². The largest absolute Gasteiger partial charge is 0.373 e. The van der Waals surface area contributed by atoms with E-state index in [1.807, 2.05) is 0 Å². The molecule has 2 unspecified atom stereocenters. The maximum atomic E-state index is 6.12. The lowest BCUT2D eigenvalue weighted by Gasteiger charge is -2.36. The SMILES string of the molecule is CCNC(=NCCNC(C)(C)C)N1CC2OCCN(Cc3ccccc3)C2C1. The Morgan fingerprint density at radius 1 is 1.21 bits per heavy atom. The number of nitrogens with one attached hydrogen (secondary N) is 2. The number of rotatable bonds is 6. The minimum Gasteiger partial charge on any atom is -0.373 e. The van der Waals surface area contributed by atoms with Gasteiger partial charge in [-0.15, -0.1) is 0 Å². The molecule has 2 aliphatic rings. The molecule has 0 radical (unpaired) electrons.